The highest BCUT2D eigenvalue weighted by atomic mass is 16.5. The number of aromatic nitrogens is 1. The highest BCUT2D eigenvalue weighted by Crippen LogP contribution is 2.20. The number of carbonyl (C=O) groups is 1. The van der Waals surface area contributed by atoms with Gasteiger partial charge in [0, 0.05) is 12.1 Å². The van der Waals surface area contributed by atoms with Crippen LogP contribution in [0.4, 0.5) is 4.79 Å². The van der Waals surface area contributed by atoms with Crippen molar-refractivity contribution < 1.29 is 14.1 Å². The van der Waals surface area contributed by atoms with Gasteiger partial charge in [-0.2, -0.15) is 0 Å². The summed E-state index contributed by atoms with van der Waals surface area (Å²) >= 11 is 0. The number of carbonyl (C=O) groups excluding carboxylic acids is 1. The highest BCUT2D eigenvalue weighted by Gasteiger charge is 2.18. The largest absolute Gasteiger partial charge is 0.493 e. The molecular formula is C19H27N3O3. The van der Waals surface area contributed by atoms with Crippen LogP contribution < -0.4 is 15.4 Å². The van der Waals surface area contributed by atoms with Gasteiger partial charge in [0.15, 0.2) is 0 Å². The fourth-order valence-electron chi connectivity index (χ4n) is 2.62. The van der Waals surface area contributed by atoms with Gasteiger partial charge >= 0.3 is 6.03 Å². The van der Waals surface area contributed by atoms with E-state index in [0.29, 0.717) is 19.1 Å². The minimum absolute atomic E-state index is 0.174. The molecule has 6 heteroatoms. The second-order valence-electron chi connectivity index (χ2n) is 6.64. The third kappa shape index (κ3) is 5.52. The van der Waals surface area contributed by atoms with Gasteiger partial charge in [0.1, 0.15) is 11.5 Å². The van der Waals surface area contributed by atoms with Gasteiger partial charge in [0.05, 0.1) is 18.3 Å². The van der Waals surface area contributed by atoms with E-state index in [2.05, 4.69) is 29.6 Å². The number of hydrogen-bond donors (Lipinski definition) is 2. The second-order valence-corrected chi connectivity index (χ2v) is 6.64. The lowest BCUT2D eigenvalue weighted by Gasteiger charge is -2.15. The Bertz CT molecular complexity index is 690. The van der Waals surface area contributed by atoms with Crippen molar-refractivity contribution in [2.45, 2.75) is 47.2 Å². The van der Waals surface area contributed by atoms with Crippen LogP contribution in [0.5, 0.6) is 5.75 Å². The Kier molecular flexibility index (Phi) is 6.44. The molecule has 0 aliphatic rings. The molecule has 1 heterocycles. The van der Waals surface area contributed by atoms with Gasteiger partial charge in [0.2, 0.25) is 0 Å². The predicted molar refractivity (Wildman–Crippen MR) is 96.5 cm³/mol. The SMILES string of the molecule is Cc1noc(C)c1[C@H](C)NC(=O)NCc1cccc(OCC(C)C)c1. The van der Waals surface area contributed by atoms with Crippen molar-refractivity contribution in [3.63, 3.8) is 0 Å². The van der Waals surface area contributed by atoms with Gasteiger partial charge in [-0.05, 0) is 44.4 Å². The van der Waals surface area contributed by atoms with Crippen molar-refractivity contribution in [2.24, 2.45) is 5.92 Å². The Morgan fingerprint density at radius 1 is 1.28 bits per heavy atom. The topological polar surface area (TPSA) is 76.4 Å². The molecule has 0 fully saturated rings. The Morgan fingerprint density at radius 2 is 2.04 bits per heavy atom. The van der Waals surface area contributed by atoms with Crippen LogP contribution in [0.2, 0.25) is 0 Å². The second kappa shape index (κ2) is 8.55. The maximum absolute atomic E-state index is 12.1. The quantitative estimate of drug-likeness (QED) is 0.798. The third-order valence-corrected chi connectivity index (χ3v) is 3.80. The zero-order valence-corrected chi connectivity index (χ0v) is 15.6. The smallest absolute Gasteiger partial charge is 0.315 e. The molecule has 0 aliphatic carbocycles. The summed E-state index contributed by atoms with van der Waals surface area (Å²) in [6, 6.07) is 7.34. The Labute approximate surface area is 148 Å². The zero-order valence-electron chi connectivity index (χ0n) is 15.6. The lowest BCUT2D eigenvalue weighted by molar-refractivity contribution is 0.237. The maximum Gasteiger partial charge on any atom is 0.315 e. The molecule has 25 heavy (non-hydrogen) atoms. The van der Waals surface area contributed by atoms with E-state index >= 15 is 0 Å². The lowest BCUT2D eigenvalue weighted by Crippen LogP contribution is -2.36. The Morgan fingerprint density at radius 3 is 2.68 bits per heavy atom. The van der Waals surface area contributed by atoms with Gasteiger partial charge in [-0.3, -0.25) is 0 Å². The minimum atomic E-state index is -0.235. The molecular weight excluding hydrogens is 318 g/mol. The van der Waals surface area contributed by atoms with Crippen molar-refractivity contribution >= 4 is 6.03 Å². The summed E-state index contributed by atoms with van der Waals surface area (Å²) in [5.41, 5.74) is 2.70. The molecule has 0 spiro atoms. The van der Waals surface area contributed by atoms with Crippen LogP contribution in [-0.4, -0.2) is 17.8 Å². The van der Waals surface area contributed by atoms with E-state index in [1.54, 1.807) is 0 Å². The fraction of sp³-hybridized carbons (Fsp3) is 0.474. The maximum atomic E-state index is 12.1. The number of rotatable bonds is 7. The molecule has 6 nitrogen and oxygen atoms in total. The van der Waals surface area contributed by atoms with Crippen LogP contribution >= 0.6 is 0 Å². The van der Waals surface area contributed by atoms with Crippen molar-refractivity contribution in [1.82, 2.24) is 15.8 Å². The van der Waals surface area contributed by atoms with Crippen LogP contribution in [0, 0.1) is 19.8 Å². The van der Waals surface area contributed by atoms with Crippen molar-refractivity contribution in [3.05, 3.63) is 46.8 Å². The summed E-state index contributed by atoms with van der Waals surface area (Å²) < 4.78 is 10.9. The number of ether oxygens (including phenoxy) is 1. The van der Waals surface area contributed by atoms with Crippen molar-refractivity contribution in [3.8, 4) is 5.75 Å². The van der Waals surface area contributed by atoms with Gasteiger partial charge in [-0.25, -0.2) is 4.79 Å². The lowest BCUT2D eigenvalue weighted by atomic mass is 10.1. The number of benzene rings is 1. The monoisotopic (exact) mass is 345 g/mol. The van der Waals surface area contributed by atoms with E-state index in [-0.39, 0.29) is 12.1 Å². The van der Waals surface area contributed by atoms with Crippen LogP contribution in [0.15, 0.2) is 28.8 Å². The molecule has 0 radical (unpaired) electrons. The van der Waals surface area contributed by atoms with Crippen LogP contribution in [0.1, 0.15) is 49.4 Å². The third-order valence-electron chi connectivity index (χ3n) is 3.80. The average Bonchev–Trinajstić information content (AvgIpc) is 2.90. The van der Waals surface area contributed by atoms with E-state index in [1.165, 1.54) is 0 Å². The standard InChI is InChI=1S/C19H27N3O3/c1-12(2)11-24-17-8-6-7-16(9-17)10-20-19(23)21-13(3)18-14(4)22-25-15(18)5/h6-9,12-13H,10-11H2,1-5H3,(H2,20,21,23)/t13-/m0/s1. The first-order valence-corrected chi connectivity index (χ1v) is 8.55. The molecule has 1 atom stereocenters. The highest BCUT2D eigenvalue weighted by molar-refractivity contribution is 5.74. The summed E-state index contributed by atoms with van der Waals surface area (Å²) in [5, 5.41) is 9.69. The molecule has 0 saturated heterocycles. The van der Waals surface area contributed by atoms with Crippen LogP contribution in [0.3, 0.4) is 0 Å². The summed E-state index contributed by atoms with van der Waals surface area (Å²) in [6.07, 6.45) is 0. The Balaban J connectivity index is 1.86. The first-order valence-electron chi connectivity index (χ1n) is 8.55. The van der Waals surface area contributed by atoms with Gasteiger partial charge < -0.3 is 19.9 Å². The fourth-order valence-corrected chi connectivity index (χ4v) is 2.62. The normalized spacial score (nSPS) is 12.1. The molecule has 1 aromatic carbocycles. The molecule has 2 N–H and O–H groups in total. The molecule has 0 aliphatic heterocycles. The van der Waals surface area contributed by atoms with Crippen LogP contribution in [0.25, 0.3) is 0 Å². The molecule has 0 bridgehead atoms. The molecule has 0 unspecified atom stereocenters. The summed E-state index contributed by atoms with van der Waals surface area (Å²) in [5.74, 6) is 2.01. The van der Waals surface area contributed by atoms with E-state index in [0.717, 1.165) is 28.3 Å². The first-order chi connectivity index (χ1) is 11.9. The van der Waals surface area contributed by atoms with Gasteiger partial charge in [-0.15, -0.1) is 0 Å². The number of amides is 2. The number of nitrogens with zero attached hydrogens (tertiary/aromatic N) is 1. The van der Waals surface area contributed by atoms with Crippen molar-refractivity contribution in [1.29, 1.82) is 0 Å². The Hall–Kier alpha value is -2.50. The first kappa shape index (κ1) is 18.8. The van der Waals surface area contributed by atoms with Gasteiger partial charge in [0.25, 0.3) is 0 Å². The van der Waals surface area contributed by atoms with Crippen LogP contribution in [-0.2, 0) is 6.54 Å². The molecule has 1 aromatic heterocycles. The van der Waals surface area contributed by atoms with E-state index in [9.17, 15) is 4.79 Å². The number of aryl methyl sites for hydroxylation is 2. The summed E-state index contributed by atoms with van der Waals surface area (Å²) in [4.78, 5) is 12.1. The number of hydrogen-bond acceptors (Lipinski definition) is 4. The molecule has 136 valence electrons. The van der Waals surface area contributed by atoms with Crippen molar-refractivity contribution in [2.75, 3.05) is 6.61 Å². The average molecular weight is 345 g/mol. The summed E-state index contributed by atoms with van der Waals surface area (Å²) in [7, 11) is 0. The number of urea groups is 1. The summed E-state index contributed by atoms with van der Waals surface area (Å²) in [6.45, 7) is 10.9. The van der Waals surface area contributed by atoms with E-state index in [1.807, 2.05) is 45.0 Å². The van der Waals surface area contributed by atoms with E-state index in [4.69, 9.17) is 9.26 Å². The molecule has 2 rings (SSSR count). The molecule has 2 aromatic rings. The molecule has 2 amide bonds. The zero-order chi connectivity index (χ0) is 18.4. The molecule has 0 saturated carbocycles. The number of nitrogens with one attached hydrogen (secondary N) is 2. The minimum Gasteiger partial charge on any atom is -0.493 e. The van der Waals surface area contributed by atoms with E-state index < -0.39 is 0 Å². The predicted octanol–water partition coefficient (Wildman–Crippen LogP) is 3.89. The van der Waals surface area contributed by atoms with Gasteiger partial charge in [-0.1, -0.05) is 31.1 Å².